The van der Waals surface area contributed by atoms with Crippen molar-refractivity contribution in [2.45, 2.75) is 19.1 Å². The Morgan fingerprint density at radius 3 is 2.33 bits per heavy atom. The van der Waals surface area contributed by atoms with Crippen LogP contribution in [-0.4, -0.2) is 11.5 Å². The topological polar surface area (TPSA) is 18.5 Å². The maximum atomic E-state index is 6.23. The molecule has 0 saturated heterocycles. The van der Waals surface area contributed by atoms with Crippen molar-refractivity contribution >= 4 is 38.5 Å². The van der Waals surface area contributed by atoms with E-state index in [9.17, 15) is 0 Å². The predicted molar refractivity (Wildman–Crippen MR) is 98.2 cm³/mol. The molecule has 2 rings (SSSR count). The van der Waals surface area contributed by atoms with Gasteiger partial charge in [0.2, 0.25) is 0 Å². The molecule has 0 aliphatic heterocycles. The van der Waals surface area contributed by atoms with Gasteiger partial charge in [-0.15, -0.1) is 0 Å². The van der Waals surface area contributed by atoms with Crippen LogP contribution in [-0.2, 0) is 16.9 Å². The van der Waals surface area contributed by atoms with E-state index in [2.05, 4.69) is 57.6 Å². The molecule has 21 heavy (non-hydrogen) atoms. The summed E-state index contributed by atoms with van der Waals surface area (Å²) in [4.78, 5) is 0. The van der Waals surface area contributed by atoms with E-state index in [0.29, 0.717) is 6.61 Å². The molecule has 0 aliphatic rings. The van der Waals surface area contributed by atoms with Crippen LogP contribution in [0.3, 0.4) is 0 Å². The van der Waals surface area contributed by atoms with Gasteiger partial charge in [-0.1, -0.05) is 68.9 Å². The van der Waals surface area contributed by atoms with Crippen LogP contribution in [0.5, 0.6) is 5.75 Å². The number of benzene rings is 2. The molecule has 2 aromatic carbocycles. The van der Waals surface area contributed by atoms with Crippen molar-refractivity contribution in [1.82, 2.24) is 0 Å². The Labute approximate surface area is 148 Å². The van der Waals surface area contributed by atoms with Crippen LogP contribution in [0, 0.1) is 0 Å². The van der Waals surface area contributed by atoms with Gasteiger partial charge in [0.05, 0.1) is 13.7 Å². The van der Waals surface area contributed by atoms with Crippen LogP contribution >= 0.6 is 38.5 Å². The van der Waals surface area contributed by atoms with Gasteiger partial charge < -0.3 is 9.47 Å². The van der Waals surface area contributed by atoms with E-state index < -0.39 is 0 Å². The molecule has 0 N–H and O–H groups in total. The summed E-state index contributed by atoms with van der Waals surface area (Å²) in [6, 6.07) is 16.2. The lowest BCUT2D eigenvalue weighted by atomic mass is 9.98. The fraction of sp³-hybridized carbons (Fsp3) is 0.294. The second kappa shape index (κ2) is 7.61. The van der Waals surface area contributed by atoms with Crippen molar-refractivity contribution < 1.29 is 9.47 Å². The molecule has 0 bridgehead atoms. The molecule has 2 nitrogen and oxygen atoms in total. The lowest BCUT2D eigenvalue weighted by molar-refractivity contribution is -0.0280. The SMILES string of the molecule is COc1ccc(COC(C)(CI)c2ccccc2Br)cc1. The molecule has 0 amide bonds. The number of halogens is 2. The van der Waals surface area contributed by atoms with E-state index in [0.717, 1.165) is 20.2 Å². The number of methoxy groups -OCH3 is 1. The fourth-order valence-corrected chi connectivity index (χ4v) is 3.38. The minimum absolute atomic E-state index is 0.319. The largest absolute Gasteiger partial charge is 0.497 e. The van der Waals surface area contributed by atoms with Crippen LogP contribution in [0.1, 0.15) is 18.1 Å². The maximum Gasteiger partial charge on any atom is 0.118 e. The average Bonchev–Trinajstić information content (AvgIpc) is 2.53. The van der Waals surface area contributed by atoms with Crippen molar-refractivity contribution in [3.05, 3.63) is 64.1 Å². The Balaban J connectivity index is 2.13. The quantitative estimate of drug-likeness (QED) is 0.428. The van der Waals surface area contributed by atoms with Gasteiger partial charge in [0.1, 0.15) is 11.4 Å². The second-order valence-electron chi connectivity index (χ2n) is 4.98. The summed E-state index contributed by atoms with van der Waals surface area (Å²) < 4.78 is 13.4. The fourth-order valence-electron chi connectivity index (χ4n) is 2.04. The van der Waals surface area contributed by atoms with Gasteiger partial charge in [-0.25, -0.2) is 0 Å². The summed E-state index contributed by atoms with van der Waals surface area (Å²) in [5.41, 5.74) is 1.99. The van der Waals surface area contributed by atoms with Crippen LogP contribution in [0.15, 0.2) is 53.0 Å². The molecule has 0 saturated carbocycles. The molecular weight excluding hydrogens is 443 g/mol. The van der Waals surface area contributed by atoms with Crippen molar-refractivity contribution in [2.24, 2.45) is 0 Å². The van der Waals surface area contributed by atoms with E-state index >= 15 is 0 Å². The predicted octanol–water partition coefficient (Wildman–Crippen LogP) is 5.32. The third kappa shape index (κ3) is 4.20. The monoisotopic (exact) mass is 460 g/mol. The molecule has 2 aromatic rings. The van der Waals surface area contributed by atoms with Gasteiger partial charge >= 0.3 is 0 Å². The van der Waals surface area contributed by atoms with Gasteiger partial charge in [0.25, 0.3) is 0 Å². The first-order valence-electron chi connectivity index (χ1n) is 6.67. The average molecular weight is 461 g/mol. The van der Waals surface area contributed by atoms with Crippen molar-refractivity contribution in [2.75, 3.05) is 11.5 Å². The number of rotatable bonds is 6. The van der Waals surface area contributed by atoms with Crippen molar-refractivity contribution in [3.63, 3.8) is 0 Å². The molecule has 1 unspecified atom stereocenters. The molecular formula is C17H18BrIO2. The molecule has 0 aromatic heterocycles. The first-order chi connectivity index (χ1) is 10.1. The van der Waals surface area contributed by atoms with Crippen molar-refractivity contribution in [1.29, 1.82) is 0 Å². The minimum Gasteiger partial charge on any atom is -0.497 e. The Morgan fingerprint density at radius 1 is 1.10 bits per heavy atom. The van der Waals surface area contributed by atoms with Gasteiger partial charge in [-0.3, -0.25) is 0 Å². The summed E-state index contributed by atoms with van der Waals surface area (Å²) >= 11 is 5.99. The van der Waals surface area contributed by atoms with E-state index in [-0.39, 0.29) is 5.60 Å². The van der Waals surface area contributed by atoms with E-state index in [1.165, 1.54) is 5.56 Å². The summed E-state index contributed by atoms with van der Waals surface area (Å²) in [7, 11) is 1.67. The van der Waals surface area contributed by atoms with Crippen molar-refractivity contribution in [3.8, 4) is 5.75 Å². The van der Waals surface area contributed by atoms with Gasteiger partial charge in [0, 0.05) is 8.90 Å². The van der Waals surface area contributed by atoms with E-state index in [1.54, 1.807) is 7.11 Å². The molecule has 0 fully saturated rings. The van der Waals surface area contributed by atoms with Crippen LogP contribution in [0.25, 0.3) is 0 Å². The zero-order valence-electron chi connectivity index (χ0n) is 12.1. The first kappa shape index (κ1) is 16.8. The summed E-state index contributed by atoms with van der Waals surface area (Å²) in [5, 5.41) is 0. The van der Waals surface area contributed by atoms with Crippen LogP contribution in [0.4, 0.5) is 0 Å². The highest BCUT2D eigenvalue weighted by Crippen LogP contribution is 2.34. The number of hydrogen-bond donors (Lipinski definition) is 0. The molecule has 0 spiro atoms. The van der Waals surface area contributed by atoms with Crippen LogP contribution in [0.2, 0.25) is 0 Å². The number of alkyl halides is 1. The van der Waals surface area contributed by atoms with E-state index in [4.69, 9.17) is 9.47 Å². The highest BCUT2D eigenvalue weighted by atomic mass is 127. The zero-order chi connectivity index (χ0) is 15.3. The lowest BCUT2D eigenvalue weighted by Gasteiger charge is -2.29. The highest BCUT2D eigenvalue weighted by Gasteiger charge is 2.28. The Kier molecular flexibility index (Phi) is 6.08. The number of hydrogen-bond acceptors (Lipinski definition) is 2. The lowest BCUT2D eigenvalue weighted by Crippen LogP contribution is -2.28. The second-order valence-corrected chi connectivity index (χ2v) is 6.60. The van der Waals surface area contributed by atoms with Gasteiger partial charge in [-0.2, -0.15) is 0 Å². The smallest absolute Gasteiger partial charge is 0.118 e. The van der Waals surface area contributed by atoms with Gasteiger partial charge in [-0.05, 0) is 36.2 Å². The standard InChI is InChI=1S/C17H18BrIO2/c1-17(12-19,15-5-3-4-6-16(15)18)21-11-13-7-9-14(20-2)10-8-13/h3-10H,11-12H2,1-2H3. The molecule has 4 heteroatoms. The van der Waals surface area contributed by atoms with E-state index in [1.807, 2.05) is 36.4 Å². The summed E-state index contributed by atoms with van der Waals surface area (Å²) in [5.74, 6) is 0.862. The summed E-state index contributed by atoms with van der Waals surface area (Å²) in [6.45, 7) is 2.70. The molecule has 0 heterocycles. The first-order valence-corrected chi connectivity index (χ1v) is 8.99. The molecule has 1 atom stereocenters. The third-order valence-corrected chi connectivity index (χ3v) is 5.56. The maximum absolute atomic E-state index is 6.23. The third-order valence-electron chi connectivity index (χ3n) is 3.42. The number of ether oxygens (including phenoxy) is 2. The Hall–Kier alpha value is -0.590. The molecule has 0 radical (unpaired) electrons. The van der Waals surface area contributed by atoms with Gasteiger partial charge in [0.15, 0.2) is 0 Å². The highest BCUT2D eigenvalue weighted by molar-refractivity contribution is 14.1. The zero-order valence-corrected chi connectivity index (χ0v) is 15.8. The minimum atomic E-state index is -0.319. The normalized spacial score (nSPS) is 13.7. The molecule has 0 aliphatic carbocycles. The van der Waals surface area contributed by atoms with Crippen LogP contribution < -0.4 is 4.74 Å². The Morgan fingerprint density at radius 2 is 1.76 bits per heavy atom. The molecule has 112 valence electrons. The summed E-state index contributed by atoms with van der Waals surface area (Å²) in [6.07, 6.45) is 0. The Bertz CT molecular complexity index is 586.